The first-order valence-electron chi connectivity index (χ1n) is 5.07. The summed E-state index contributed by atoms with van der Waals surface area (Å²) in [7, 11) is -3.06. The molecule has 0 aliphatic carbocycles. The van der Waals surface area contributed by atoms with Gasteiger partial charge in [0, 0.05) is 26.2 Å². The summed E-state index contributed by atoms with van der Waals surface area (Å²) in [4.78, 5) is 2.04. The maximum absolute atomic E-state index is 11.2. The molecular weight excluding hydrogens is 214 g/mol. The molecular formula is C9H17N3O2S. The summed E-state index contributed by atoms with van der Waals surface area (Å²) < 4.78 is 24.0. The second-order valence-electron chi connectivity index (χ2n) is 3.75. The maximum Gasteiger partial charge on any atom is 0.211 e. The maximum atomic E-state index is 11.2. The van der Waals surface area contributed by atoms with E-state index in [2.05, 4.69) is 6.07 Å². The number of hydrogen-bond donors (Lipinski definition) is 0. The molecule has 1 heterocycles. The fraction of sp³-hybridized carbons (Fsp3) is 0.889. The second kappa shape index (κ2) is 4.92. The topological polar surface area (TPSA) is 64.4 Å². The Balaban J connectivity index is 2.53. The lowest BCUT2D eigenvalue weighted by Gasteiger charge is -2.35. The van der Waals surface area contributed by atoms with Crippen LogP contribution in [0.4, 0.5) is 0 Å². The molecule has 1 unspecified atom stereocenters. The van der Waals surface area contributed by atoms with E-state index >= 15 is 0 Å². The van der Waals surface area contributed by atoms with E-state index in [-0.39, 0.29) is 6.04 Å². The molecule has 1 rings (SSSR count). The third kappa shape index (κ3) is 3.16. The first-order chi connectivity index (χ1) is 6.99. The van der Waals surface area contributed by atoms with Gasteiger partial charge in [-0.25, -0.2) is 8.42 Å². The Kier molecular flexibility index (Phi) is 4.08. The average Bonchev–Trinajstić information content (AvgIpc) is 2.19. The third-order valence-electron chi connectivity index (χ3n) is 2.72. The van der Waals surface area contributed by atoms with Gasteiger partial charge in [0.25, 0.3) is 0 Å². The van der Waals surface area contributed by atoms with E-state index in [1.54, 1.807) is 0 Å². The second-order valence-corrected chi connectivity index (χ2v) is 5.73. The molecule has 1 aliphatic rings. The quantitative estimate of drug-likeness (QED) is 0.678. The van der Waals surface area contributed by atoms with Gasteiger partial charge in [-0.05, 0) is 6.42 Å². The number of rotatable bonds is 3. The molecule has 15 heavy (non-hydrogen) atoms. The minimum Gasteiger partial charge on any atom is -0.285 e. The molecule has 0 N–H and O–H groups in total. The van der Waals surface area contributed by atoms with Gasteiger partial charge < -0.3 is 0 Å². The normalized spacial score (nSPS) is 22.2. The predicted molar refractivity (Wildman–Crippen MR) is 57.7 cm³/mol. The summed E-state index contributed by atoms with van der Waals surface area (Å²) in [5.74, 6) is 0. The zero-order valence-electron chi connectivity index (χ0n) is 9.18. The van der Waals surface area contributed by atoms with Crippen molar-refractivity contribution in [1.29, 1.82) is 5.26 Å². The summed E-state index contributed by atoms with van der Waals surface area (Å²) in [6.07, 6.45) is 2.01. The number of hydrogen-bond acceptors (Lipinski definition) is 4. The Bertz CT molecular complexity index is 339. The molecule has 0 spiro atoms. The Morgan fingerprint density at radius 2 is 1.87 bits per heavy atom. The molecule has 0 bridgehead atoms. The van der Waals surface area contributed by atoms with Gasteiger partial charge in [-0.2, -0.15) is 9.57 Å². The van der Waals surface area contributed by atoms with Gasteiger partial charge >= 0.3 is 0 Å². The standard InChI is InChI=1S/C9H17N3O2S/c1-3-9(8-10)11-4-6-12(7-5-11)15(2,13)14/h9H,3-7H2,1-2H3. The highest BCUT2D eigenvalue weighted by Gasteiger charge is 2.26. The molecule has 6 heteroatoms. The fourth-order valence-corrected chi connectivity index (χ4v) is 2.60. The highest BCUT2D eigenvalue weighted by molar-refractivity contribution is 7.88. The van der Waals surface area contributed by atoms with Crippen molar-refractivity contribution in [2.24, 2.45) is 0 Å². The first-order valence-corrected chi connectivity index (χ1v) is 6.92. The summed E-state index contributed by atoms with van der Waals surface area (Å²) in [5.41, 5.74) is 0. The van der Waals surface area contributed by atoms with Crippen molar-refractivity contribution in [3.63, 3.8) is 0 Å². The van der Waals surface area contributed by atoms with Crippen LogP contribution in [-0.2, 0) is 10.0 Å². The van der Waals surface area contributed by atoms with Crippen LogP contribution in [-0.4, -0.2) is 56.1 Å². The van der Waals surface area contributed by atoms with E-state index in [0.29, 0.717) is 26.2 Å². The monoisotopic (exact) mass is 231 g/mol. The lowest BCUT2D eigenvalue weighted by Crippen LogP contribution is -2.51. The van der Waals surface area contributed by atoms with E-state index in [0.717, 1.165) is 6.42 Å². The van der Waals surface area contributed by atoms with Gasteiger partial charge in [-0.1, -0.05) is 6.92 Å². The minimum absolute atomic E-state index is 0.0771. The first kappa shape index (κ1) is 12.4. The molecule has 1 saturated heterocycles. The van der Waals surface area contributed by atoms with Crippen LogP contribution >= 0.6 is 0 Å². The van der Waals surface area contributed by atoms with Crippen LogP contribution in [0.2, 0.25) is 0 Å². The molecule has 0 radical (unpaired) electrons. The Morgan fingerprint density at radius 1 is 1.33 bits per heavy atom. The van der Waals surface area contributed by atoms with Crippen LogP contribution in [0.25, 0.3) is 0 Å². The molecule has 1 aliphatic heterocycles. The predicted octanol–water partition coefficient (Wildman–Crippen LogP) is -0.134. The van der Waals surface area contributed by atoms with Crippen molar-refractivity contribution in [2.75, 3.05) is 32.4 Å². The van der Waals surface area contributed by atoms with E-state index in [1.165, 1.54) is 10.6 Å². The summed E-state index contributed by atoms with van der Waals surface area (Å²) in [5, 5.41) is 8.88. The van der Waals surface area contributed by atoms with Crippen molar-refractivity contribution in [3.8, 4) is 6.07 Å². The van der Waals surface area contributed by atoms with Crippen molar-refractivity contribution in [2.45, 2.75) is 19.4 Å². The smallest absolute Gasteiger partial charge is 0.211 e. The largest absolute Gasteiger partial charge is 0.285 e. The van der Waals surface area contributed by atoms with Crippen molar-refractivity contribution < 1.29 is 8.42 Å². The average molecular weight is 231 g/mol. The molecule has 0 saturated carbocycles. The summed E-state index contributed by atoms with van der Waals surface area (Å²) in [6, 6.07) is 2.16. The van der Waals surface area contributed by atoms with Gasteiger partial charge in [-0.15, -0.1) is 0 Å². The number of nitriles is 1. The van der Waals surface area contributed by atoms with Crippen LogP contribution < -0.4 is 0 Å². The van der Waals surface area contributed by atoms with Crippen molar-refractivity contribution in [3.05, 3.63) is 0 Å². The SMILES string of the molecule is CCC(C#N)N1CCN(S(C)(=O)=O)CC1. The van der Waals surface area contributed by atoms with Gasteiger partial charge in [0.15, 0.2) is 0 Å². The van der Waals surface area contributed by atoms with Gasteiger partial charge in [0.1, 0.15) is 0 Å². The summed E-state index contributed by atoms with van der Waals surface area (Å²) in [6.45, 7) is 4.27. The molecule has 1 atom stereocenters. The minimum atomic E-state index is -3.06. The number of sulfonamides is 1. The number of piperazine rings is 1. The molecule has 0 aromatic carbocycles. The van der Waals surface area contributed by atoms with Crippen LogP contribution in [0, 0.1) is 11.3 Å². The van der Waals surface area contributed by atoms with Crippen LogP contribution in [0.5, 0.6) is 0 Å². The van der Waals surface area contributed by atoms with Gasteiger partial charge in [0.05, 0.1) is 18.4 Å². The Labute approximate surface area is 91.3 Å². The fourth-order valence-electron chi connectivity index (χ4n) is 1.78. The molecule has 0 aromatic heterocycles. The highest BCUT2D eigenvalue weighted by Crippen LogP contribution is 2.10. The molecule has 0 aromatic rings. The van der Waals surface area contributed by atoms with E-state index < -0.39 is 10.0 Å². The van der Waals surface area contributed by atoms with Gasteiger partial charge in [-0.3, -0.25) is 4.90 Å². The zero-order valence-corrected chi connectivity index (χ0v) is 10.00. The molecule has 0 amide bonds. The van der Waals surface area contributed by atoms with Crippen LogP contribution in [0.3, 0.4) is 0 Å². The van der Waals surface area contributed by atoms with E-state index in [4.69, 9.17) is 5.26 Å². The van der Waals surface area contributed by atoms with Crippen LogP contribution in [0.1, 0.15) is 13.3 Å². The lowest BCUT2D eigenvalue weighted by molar-refractivity contribution is 0.160. The van der Waals surface area contributed by atoms with Crippen LogP contribution in [0.15, 0.2) is 0 Å². The van der Waals surface area contributed by atoms with E-state index in [1.807, 2.05) is 11.8 Å². The van der Waals surface area contributed by atoms with Gasteiger partial charge in [0.2, 0.25) is 10.0 Å². The third-order valence-corrected chi connectivity index (χ3v) is 4.02. The Hall–Kier alpha value is -0.640. The van der Waals surface area contributed by atoms with Crippen molar-refractivity contribution in [1.82, 2.24) is 9.21 Å². The summed E-state index contributed by atoms with van der Waals surface area (Å²) >= 11 is 0. The molecule has 5 nitrogen and oxygen atoms in total. The Morgan fingerprint density at radius 3 is 2.20 bits per heavy atom. The molecule has 1 fully saturated rings. The molecule has 86 valence electrons. The lowest BCUT2D eigenvalue weighted by atomic mass is 10.2. The zero-order chi connectivity index (χ0) is 11.5. The van der Waals surface area contributed by atoms with Crippen molar-refractivity contribution >= 4 is 10.0 Å². The van der Waals surface area contributed by atoms with E-state index in [9.17, 15) is 8.42 Å². The number of nitrogens with zero attached hydrogens (tertiary/aromatic N) is 3. The highest BCUT2D eigenvalue weighted by atomic mass is 32.2.